The van der Waals surface area contributed by atoms with Gasteiger partial charge in [-0.15, -0.1) is 11.6 Å². The first-order valence-corrected chi connectivity index (χ1v) is 4.60. The third-order valence-electron chi connectivity index (χ3n) is 2.10. The minimum absolute atomic E-state index is 0.317. The molecule has 0 heterocycles. The lowest BCUT2D eigenvalue weighted by molar-refractivity contribution is 0.708. The third kappa shape index (κ3) is 2.34. The van der Waals surface area contributed by atoms with Gasteiger partial charge < -0.3 is 0 Å². The van der Waals surface area contributed by atoms with E-state index in [1.54, 1.807) is 5.57 Å². The van der Waals surface area contributed by atoms with E-state index >= 15 is 0 Å². The minimum Gasteiger partial charge on any atom is -0.118 e. The number of hydrogen-bond acceptors (Lipinski definition) is 0. The summed E-state index contributed by atoms with van der Waals surface area (Å²) in [5.41, 5.74) is 1.55. The van der Waals surface area contributed by atoms with Crippen LogP contribution in [0.25, 0.3) is 0 Å². The van der Waals surface area contributed by atoms with E-state index in [1.807, 2.05) is 0 Å². The van der Waals surface area contributed by atoms with Crippen molar-refractivity contribution < 1.29 is 0 Å². The predicted molar refractivity (Wildman–Crippen MR) is 46.5 cm³/mol. The van der Waals surface area contributed by atoms with E-state index in [0.29, 0.717) is 5.38 Å². The summed E-state index contributed by atoms with van der Waals surface area (Å²) in [6, 6.07) is 0. The molecule has 0 fully saturated rings. The fraction of sp³-hybridized carbons (Fsp3) is 0.778. The average molecular weight is 159 g/mol. The Morgan fingerprint density at radius 2 is 2.40 bits per heavy atom. The van der Waals surface area contributed by atoms with E-state index < -0.39 is 0 Å². The molecule has 1 aliphatic carbocycles. The maximum atomic E-state index is 6.02. The van der Waals surface area contributed by atoms with Gasteiger partial charge in [0.1, 0.15) is 0 Å². The molecule has 1 rings (SSSR count). The van der Waals surface area contributed by atoms with E-state index in [4.69, 9.17) is 11.6 Å². The third-order valence-corrected chi connectivity index (χ3v) is 2.44. The Kier molecular flexibility index (Phi) is 3.27. The van der Waals surface area contributed by atoms with Crippen LogP contribution < -0.4 is 0 Å². The lowest BCUT2D eigenvalue weighted by Gasteiger charge is -1.99. The molecule has 1 aliphatic rings. The summed E-state index contributed by atoms with van der Waals surface area (Å²) >= 11 is 6.02. The number of hydrogen-bond donors (Lipinski definition) is 0. The van der Waals surface area contributed by atoms with Crippen molar-refractivity contribution in [1.82, 2.24) is 0 Å². The lowest BCUT2D eigenvalue weighted by Crippen LogP contribution is -1.90. The number of halogens is 1. The largest absolute Gasteiger partial charge is 0.118 e. The molecule has 1 heteroatoms. The Balaban J connectivity index is 2.50. The van der Waals surface area contributed by atoms with Gasteiger partial charge in [-0.25, -0.2) is 0 Å². The summed E-state index contributed by atoms with van der Waals surface area (Å²) in [5, 5.41) is 0.317. The Morgan fingerprint density at radius 3 is 3.10 bits per heavy atom. The molecule has 0 aromatic heterocycles. The van der Waals surface area contributed by atoms with E-state index in [2.05, 4.69) is 13.0 Å². The van der Waals surface area contributed by atoms with Crippen molar-refractivity contribution in [3.63, 3.8) is 0 Å². The number of allylic oxidation sites excluding steroid dienone is 2. The molecule has 58 valence electrons. The molecule has 0 bridgehead atoms. The molecule has 0 amide bonds. The van der Waals surface area contributed by atoms with Gasteiger partial charge in [-0.05, 0) is 25.7 Å². The van der Waals surface area contributed by atoms with Crippen molar-refractivity contribution in [3.05, 3.63) is 11.6 Å². The van der Waals surface area contributed by atoms with Crippen LogP contribution in [-0.2, 0) is 0 Å². The zero-order chi connectivity index (χ0) is 7.40. The van der Waals surface area contributed by atoms with Crippen molar-refractivity contribution in [3.8, 4) is 0 Å². The second kappa shape index (κ2) is 4.02. The molecule has 0 radical (unpaired) electrons. The summed E-state index contributed by atoms with van der Waals surface area (Å²) in [7, 11) is 0. The van der Waals surface area contributed by atoms with Crippen molar-refractivity contribution in [2.24, 2.45) is 0 Å². The van der Waals surface area contributed by atoms with Crippen LogP contribution in [0.5, 0.6) is 0 Å². The van der Waals surface area contributed by atoms with Crippen LogP contribution in [0.4, 0.5) is 0 Å². The molecule has 10 heavy (non-hydrogen) atoms. The molecule has 0 saturated heterocycles. The van der Waals surface area contributed by atoms with Gasteiger partial charge in [-0.2, -0.15) is 0 Å². The van der Waals surface area contributed by atoms with Crippen LogP contribution in [0.15, 0.2) is 11.6 Å². The van der Waals surface area contributed by atoms with E-state index in [1.165, 1.54) is 32.1 Å². The van der Waals surface area contributed by atoms with Gasteiger partial charge >= 0.3 is 0 Å². The fourth-order valence-corrected chi connectivity index (χ4v) is 1.74. The quantitative estimate of drug-likeness (QED) is 0.405. The summed E-state index contributed by atoms with van der Waals surface area (Å²) in [6.07, 6.45) is 8.51. The van der Waals surface area contributed by atoms with E-state index in [0.717, 1.165) is 0 Å². The molecular weight excluding hydrogens is 144 g/mol. The Bertz CT molecular complexity index is 127. The minimum atomic E-state index is 0.317. The first-order valence-electron chi connectivity index (χ1n) is 4.16. The molecule has 0 saturated carbocycles. The van der Waals surface area contributed by atoms with Gasteiger partial charge in [0.25, 0.3) is 0 Å². The van der Waals surface area contributed by atoms with Gasteiger partial charge in [0.2, 0.25) is 0 Å². The highest BCUT2D eigenvalue weighted by atomic mass is 35.5. The second-order valence-electron chi connectivity index (χ2n) is 2.94. The van der Waals surface area contributed by atoms with Crippen molar-refractivity contribution in [2.75, 3.05) is 0 Å². The zero-order valence-corrected chi connectivity index (χ0v) is 7.32. The fourth-order valence-electron chi connectivity index (χ4n) is 1.41. The molecule has 0 aromatic rings. The molecule has 1 atom stereocenters. The lowest BCUT2D eigenvalue weighted by atomic mass is 10.1. The SMILES string of the molecule is CCC1=CC(Cl)CCCC1. The van der Waals surface area contributed by atoms with Gasteiger partial charge in [0, 0.05) is 0 Å². The summed E-state index contributed by atoms with van der Waals surface area (Å²) in [4.78, 5) is 0. The highest BCUT2D eigenvalue weighted by Gasteiger charge is 2.07. The first-order chi connectivity index (χ1) is 4.83. The predicted octanol–water partition coefficient (Wildman–Crippen LogP) is 3.50. The second-order valence-corrected chi connectivity index (χ2v) is 3.50. The van der Waals surface area contributed by atoms with E-state index in [9.17, 15) is 0 Å². The highest BCUT2D eigenvalue weighted by molar-refractivity contribution is 6.21. The molecular formula is C9H15Cl. The highest BCUT2D eigenvalue weighted by Crippen LogP contribution is 2.22. The number of alkyl halides is 1. The molecule has 1 unspecified atom stereocenters. The van der Waals surface area contributed by atoms with Crippen LogP contribution >= 0.6 is 11.6 Å². The molecule has 0 N–H and O–H groups in total. The summed E-state index contributed by atoms with van der Waals surface area (Å²) < 4.78 is 0. The average Bonchev–Trinajstić information content (AvgIpc) is 2.13. The van der Waals surface area contributed by atoms with Crippen LogP contribution in [0.1, 0.15) is 39.0 Å². The zero-order valence-electron chi connectivity index (χ0n) is 6.57. The molecule has 0 spiro atoms. The Labute approximate surface area is 68.3 Å². The summed E-state index contributed by atoms with van der Waals surface area (Å²) in [6.45, 7) is 2.21. The van der Waals surface area contributed by atoms with Crippen LogP contribution in [0.2, 0.25) is 0 Å². The Morgan fingerprint density at radius 1 is 1.60 bits per heavy atom. The number of rotatable bonds is 1. The van der Waals surface area contributed by atoms with Crippen LogP contribution in [0, 0.1) is 0 Å². The van der Waals surface area contributed by atoms with Crippen LogP contribution in [0.3, 0.4) is 0 Å². The van der Waals surface area contributed by atoms with E-state index in [-0.39, 0.29) is 0 Å². The molecule has 0 nitrogen and oxygen atoms in total. The smallest absolute Gasteiger partial charge is 0.0518 e. The normalized spacial score (nSPS) is 27.4. The van der Waals surface area contributed by atoms with Gasteiger partial charge in [0.15, 0.2) is 0 Å². The summed E-state index contributed by atoms with van der Waals surface area (Å²) in [5.74, 6) is 0. The molecule has 0 aromatic carbocycles. The van der Waals surface area contributed by atoms with Gasteiger partial charge in [-0.3, -0.25) is 0 Å². The molecule has 0 aliphatic heterocycles. The van der Waals surface area contributed by atoms with Gasteiger partial charge in [-0.1, -0.05) is 25.0 Å². The Hall–Kier alpha value is 0.0300. The van der Waals surface area contributed by atoms with Crippen molar-refractivity contribution >= 4 is 11.6 Å². The maximum absolute atomic E-state index is 6.02. The van der Waals surface area contributed by atoms with Crippen molar-refractivity contribution in [2.45, 2.75) is 44.4 Å². The monoisotopic (exact) mass is 158 g/mol. The van der Waals surface area contributed by atoms with Crippen molar-refractivity contribution in [1.29, 1.82) is 0 Å². The standard InChI is InChI=1S/C9H15Cl/c1-2-8-5-3-4-6-9(10)7-8/h7,9H,2-6H2,1H3. The van der Waals surface area contributed by atoms with Gasteiger partial charge in [0.05, 0.1) is 5.38 Å². The first kappa shape index (κ1) is 8.13. The maximum Gasteiger partial charge on any atom is 0.0518 e. The topological polar surface area (TPSA) is 0 Å². The van der Waals surface area contributed by atoms with Crippen LogP contribution in [-0.4, -0.2) is 5.38 Å².